The fourth-order valence-electron chi connectivity index (χ4n) is 2.71. The van der Waals surface area contributed by atoms with Crippen molar-refractivity contribution in [3.8, 4) is 0 Å². The van der Waals surface area contributed by atoms with E-state index in [1.807, 2.05) is 17.8 Å². The molecule has 0 saturated heterocycles. The molecule has 3 rings (SSSR count). The summed E-state index contributed by atoms with van der Waals surface area (Å²) in [6.07, 6.45) is 4.03. The average Bonchev–Trinajstić information content (AvgIpc) is 3.10. The maximum atomic E-state index is 4.66. The molecule has 0 amide bonds. The molecular formula is C15H23N7S. The third kappa shape index (κ3) is 3.87. The summed E-state index contributed by atoms with van der Waals surface area (Å²) < 4.78 is 2.00. The van der Waals surface area contributed by atoms with Crippen molar-refractivity contribution in [3.63, 3.8) is 0 Å². The highest BCUT2D eigenvalue weighted by molar-refractivity contribution is 7.11. The molecule has 3 heterocycles. The van der Waals surface area contributed by atoms with Crippen molar-refractivity contribution in [2.24, 2.45) is 4.99 Å². The molecule has 0 saturated carbocycles. The summed E-state index contributed by atoms with van der Waals surface area (Å²) in [6, 6.07) is 0.154. The highest BCUT2D eigenvalue weighted by Crippen LogP contribution is 2.22. The number of aromatic nitrogens is 4. The van der Waals surface area contributed by atoms with Crippen LogP contribution in [0.1, 0.15) is 47.3 Å². The largest absolute Gasteiger partial charge is 0.357 e. The van der Waals surface area contributed by atoms with Crippen molar-refractivity contribution in [1.82, 2.24) is 30.4 Å². The van der Waals surface area contributed by atoms with Crippen LogP contribution in [0, 0.1) is 13.8 Å². The van der Waals surface area contributed by atoms with Gasteiger partial charge in [0.25, 0.3) is 0 Å². The molecule has 1 atom stereocenters. The van der Waals surface area contributed by atoms with Crippen LogP contribution in [-0.4, -0.2) is 32.3 Å². The maximum absolute atomic E-state index is 4.66. The average molecular weight is 333 g/mol. The van der Waals surface area contributed by atoms with Gasteiger partial charge in [-0.1, -0.05) is 0 Å². The first kappa shape index (κ1) is 15.9. The highest BCUT2D eigenvalue weighted by atomic mass is 32.1. The van der Waals surface area contributed by atoms with E-state index in [4.69, 9.17) is 0 Å². The normalized spacial score (nSPS) is 17.9. The number of hydrogen-bond donors (Lipinski definition) is 2. The SMILES string of the molecule is CCNC(=NCc1ncc(C)s1)NC1CCCn2nc(C)nc21. The lowest BCUT2D eigenvalue weighted by Crippen LogP contribution is -2.41. The van der Waals surface area contributed by atoms with Gasteiger partial charge in [-0.15, -0.1) is 11.3 Å². The number of nitrogens with one attached hydrogen (secondary N) is 2. The van der Waals surface area contributed by atoms with E-state index >= 15 is 0 Å². The number of fused-ring (bicyclic) bond motifs is 1. The fourth-order valence-corrected chi connectivity index (χ4v) is 3.42. The molecular weight excluding hydrogens is 310 g/mol. The molecule has 0 bridgehead atoms. The number of aliphatic imine (C=N–C) groups is 1. The molecule has 8 heteroatoms. The molecule has 23 heavy (non-hydrogen) atoms. The van der Waals surface area contributed by atoms with E-state index in [2.05, 4.69) is 44.5 Å². The van der Waals surface area contributed by atoms with Gasteiger partial charge in [-0.05, 0) is 33.6 Å². The number of thiazole rings is 1. The maximum Gasteiger partial charge on any atom is 0.192 e. The van der Waals surface area contributed by atoms with Gasteiger partial charge in [-0.25, -0.2) is 19.6 Å². The van der Waals surface area contributed by atoms with E-state index in [1.165, 1.54) is 4.88 Å². The van der Waals surface area contributed by atoms with Crippen molar-refractivity contribution < 1.29 is 0 Å². The quantitative estimate of drug-likeness (QED) is 0.660. The second-order valence-electron chi connectivity index (χ2n) is 5.64. The third-order valence-corrected chi connectivity index (χ3v) is 4.57. The zero-order chi connectivity index (χ0) is 16.2. The number of hydrogen-bond acceptors (Lipinski definition) is 5. The Balaban J connectivity index is 1.72. The summed E-state index contributed by atoms with van der Waals surface area (Å²) in [5.74, 6) is 2.64. The summed E-state index contributed by atoms with van der Waals surface area (Å²) >= 11 is 1.69. The number of rotatable bonds is 4. The van der Waals surface area contributed by atoms with Gasteiger partial charge in [-0.2, -0.15) is 5.10 Å². The number of aryl methyl sites for hydroxylation is 3. The van der Waals surface area contributed by atoms with Gasteiger partial charge in [0.2, 0.25) is 0 Å². The molecule has 2 aromatic rings. The number of nitrogens with zero attached hydrogens (tertiary/aromatic N) is 5. The number of guanidine groups is 1. The van der Waals surface area contributed by atoms with Crippen LogP contribution in [0.4, 0.5) is 0 Å². The Kier molecular flexibility index (Phi) is 4.90. The van der Waals surface area contributed by atoms with Crippen molar-refractivity contribution in [3.05, 3.63) is 27.7 Å². The van der Waals surface area contributed by atoms with E-state index in [9.17, 15) is 0 Å². The molecule has 1 aliphatic heterocycles. The second kappa shape index (κ2) is 7.08. The Morgan fingerprint density at radius 3 is 3.09 bits per heavy atom. The Morgan fingerprint density at radius 1 is 1.48 bits per heavy atom. The summed E-state index contributed by atoms with van der Waals surface area (Å²) in [5, 5.41) is 12.3. The molecule has 0 radical (unpaired) electrons. The van der Waals surface area contributed by atoms with E-state index in [-0.39, 0.29) is 6.04 Å². The summed E-state index contributed by atoms with van der Waals surface area (Å²) in [7, 11) is 0. The minimum Gasteiger partial charge on any atom is -0.357 e. The van der Waals surface area contributed by atoms with Crippen molar-refractivity contribution in [1.29, 1.82) is 0 Å². The van der Waals surface area contributed by atoms with E-state index in [0.717, 1.165) is 48.5 Å². The third-order valence-electron chi connectivity index (χ3n) is 3.68. The molecule has 2 aromatic heterocycles. The van der Waals surface area contributed by atoms with Gasteiger partial charge < -0.3 is 10.6 Å². The van der Waals surface area contributed by atoms with Crippen molar-refractivity contribution in [2.45, 2.75) is 52.7 Å². The van der Waals surface area contributed by atoms with Gasteiger partial charge in [0.15, 0.2) is 5.96 Å². The van der Waals surface area contributed by atoms with Gasteiger partial charge in [-0.3, -0.25) is 0 Å². The highest BCUT2D eigenvalue weighted by Gasteiger charge is 2.24. The second-order valence-corrected chi connectivity index (χ2v) is 6.96. The molecule has 2 N–H and O–H groups in total. The van der Waals surface area contributed by atoms with Gasteiger partial charge >= 0.3 is 0 Å². The predicted molar refractivity (Wildman–Crippen MR) is 91.5 cm³/mol. The first-order valence-electron chi connectivity index (χ1n) is 8.03. The van der Waals surface area contributed by atoms with Crippen LogP contribution in [0.5, 0.6) is 0 Å². The summed E-state index contributed by atoms with van der Waals surface area (Å²) in [6.45, 7) is 8.42. The predicted octanol–water partition coefficient (Wildman–Crippen LogP) is 1.94. The van der Waals surface area contributed by atoms with Crippen LogP contribution in [0.2, 0.25) is 0 Å². The molecule has 0 fully saturated rings. The van der Waals surface area contributed by atoms with Crippen molar-refractivity contribution >= 4 is 17.3 Å². The lowest BCUT2D eigenvalue weighted by Gasteiger charge is -2.24. The Labute approximate surface area is 140 Å². The molecule has 124 valence electrons. The zero-order valence-corrected chi connectivity index (χ0v) is 14.7. The summed E-state index contributed by atoms with van der Waals surface area (Å²) in [5.41, 5.74) is 0. The lowest BCUT2D eigenvalue weighted by molar-refractivity contribution is 0.397. The van der Waals surface area contributed by atoms with Crippen LogP contribution in [0.15, 0.2) is 11.2 Å². The molecule has 1 unspecified atom stereocenters. The molecule has 1 aliphatic rings. The van der Waals surface area contributed by atoms with E-state index < -0.39 is 0 Å². The first-order valence-corrected chi connectivity index (χ1v) is 8.85. The molecule has 7 nitrogen and oxygen atoms in total. The minimum atomic E-state index is 0.154. The van der Waals surface area contributed by atoms with Crippen LogP contribution in [-0.2, 0) is 13.1 Å². The zero-order valence-electron chi connectivity index (χ0n) is 13.8. The van der Waals surface area contributed by atoms with Crippen molar-refractivity contribution in [2.75, 3.05) is 6.54 Å². The smallest absolute Gasteiger partial charge is 0.192 e. The topological polar surface area (TPSA) is 80.0 Å². The van der Waals surface area contributed by atoms with Crippen LogP contribution < -0.4 is 10.6 Å². The monoisotopic (exact) mass is 333 g/mol. The standard InChI is InChI=1S/C15H23N7S/c1-4-16-15(18-9-13-17-8-10(2)23-13)20-12-6-5-7-22-14(12)19-11(3)21-22/h8,12H,4-7,9H2,1-3H3,(H2,16,18,20). The van der Waals surface area contributed by atoms with Gasteiger partial charge in [0.1, 0.15) is 16.7 Å². The van der Waals surface area contributed by atoms with Gasteiger partial charge in [0, 0.05) is 24.2 Å². The molecule has 0 aromatic carbocycles. The Morgan fingerprint density at radius 2 is 2.35 bits per heavy atom. The van der Waals surface area contributed by atoms with Crippen LogP contribution in [0.3, 0.4) is 0 Å². The minimum absolute atomic E-state index is 0.154. The van der Waals surface area contributed by atoms with Gasteiger partial charge in [0.05, 0.1) is 12.6 Å². The molecule has 0 aliphatic carbocycles. The Bertz CT molecular complexity index is 688. The molecule has 0 spiro atoms. The fraction of sp³-hybridized carbons (Fsp3) is 0.600. The summed E-state index contributed by atoms with van der Waals surface area (Å²) in [4.78, 5) is 14.8. The van der Waals surface area contributed by atoms with Crippen LogP contribution in [0.25, 0.3) is 0 Å². The van der Waals surface area contributed by atoms with Crippen LogP contribution >= 0.6 is 11.3 Å². The Hall–Kier alpha value is -1.96. The lowest BCUT2D eigenvalue weighted by atomic mass is 10.1. The van der Waals surface area contributed by atoms with E-state index in [0.29, 0.717) is 6.54 Å². The van der Waals surface area contributed by atoms with E-state index in [1.54, 1.807) is 11.3 Å². The first-order chi connectivity index (χ1) is 11.2.